The lowest BCUT2D eigenvalue weighted by Crippen LogP contribution is -2.68. The predicted octanol–water partition coefficient (Wildman–Crippen LogP) is -0.217. The Hall–Kier alpha value is -0.560. The number of hydrogen-bond donors (Lipinski definition) is 10. The van der Waals surface area contributed by atoms with E-state index in [0.717, 1.165) is 19.3 Å². The fourth-order valence-electron chi connectivity index (χ4n) is 12.1. The van der Waals surface area contributed by atoms with Crippen LogP contribution in [0.5, 0.6) is 0 Å². The molecule has 0 aromatic heterocycles. The normalized spacial score (nSPS) is 53.5. The molecule has 2 aliphatic heterocycles. The summed E-state index contributed by atoms with van der Waals surface area (Å²) in [4.78, 5) is 0. The largest absolute Gasteiger partial charge is 0.394 e. The molecule has 21 atom stereocenters. The van der Waals surface area contributed by atoms with Crippen LogP contribution in [0.3, 0.4) is 0 Å². The zero-order chi connectivity index (χ0) is 38.1. The second-order valence-electron chi connectivity index (χ2n) is 18.3. The van der Waals surface area contributed by atoms with Crippen LogP contribution >= 0.6 is 0 Å². The molecule has 302 valence electrons. The summed E-state index contributed by atoms with van der Waals surface area (Å²) in [5.74, 6) is -0.460. The number of ether oxygens (including phenoxy) is 4. The Balaban J connectivity index is 1.12. The Labute approximate surface area is 307 Å². The van der Waals surface area contributed by atoms with Crippen LogP contribution in [0.25, 0.3) is 0 Å². The Morgan fingerprint density at radius 1 is 0.750 bits per heavy atom. The third-order valence-electron chi connectivity index (χ3n) is 15.0. The molecule has 0 spiro atoms. The average Bonchev–Trinajstić information content (AvgIpc) is 3.37. The summed E-state index contributed by atoms with van der Waals surface area (Å²) in [5, 5.41) is 107. The van der Waals surface area contributed by atoms with Gasteiger partial charge in [0.15, 0.2) is 12.6 Å². The maximum Gasteiger partial charge on any atom is 0.186 e. The van der Waals surface area contributed by atoms with Gasteiger partial charge in [0.2, 0.25) is 0 Å². The van der Waals surface area contributed by atoms with Crippen LogP contribution in [0.1, 0.15) is 92.4 Å². The fourth-order valence-corrected chi connectivity index (χ4v) is 12.1. The van der Waals surface area contributed by atoms with Gasteiger partial charge < -0.3 is 70.0 Å². The molecule has 6 fully saturated rings. The summed E-state index contributed by atoms with van der Waals surface area (Å²) >= 11 is 0. The minimum Gasteiger partial charge on any atom is -0.394 e. The molecule has 0 amide bonds. The molecule has 6 aliphatic rings. The Morgan fingerprint density at radius 3 is 2.10 bits per heavy atom. The average molecular weight is 747 g/mol. The van der Waals surface area contributed by atoms with Gasteiger partial charge in [-0.1, -0.05) is 34.6 Å². The van der Waals surface area contributed by atoms with E-state index in [2.05, 4.69) is 20.8 Å². The van der Waals surface area contributed by atoms with Crippen molar-refractivity contribution < 1.29 is 70.0 Å². The van der Waals surface area contributed by atoms with Gasteiger partial charge in [0, 0.05) is 12.3 Å². The molecule has 0 bridgehead atoms. The first-order valence-electron chi connectivity index (χ1n) is 19.7. The Bertz CT molecular complexity index is 1210. The first-order chi connectivity index (χ1) is 24.4. The molecule has 0 aromatic rings. The van der Waals surface area contributed by atoms with Crippen molar-refractivity contribution in [2.45, 2.75) is 178 Å². The van der Waals surface area contributed by atoms with E-state index < -0.39 is 91.1 Å². The number of rotatable bonds is 10. The summed E-state index contributed by atoms with van der Waals surface area (Å²) in [6, 6.07) is 0. The van der Waals surface area contributed by atoms with Crippen LogP contribution in [0.2, 0.25) is 0 Å². The molecule has 10 N–H and O–H groups in total. The molecule has 14 heteroatoms. The molecule has 4 saturated carbocycles. The van der Waals surface area contributed by atoms with Crippen molar-refractivity contribution in [1.29, 1.82) is 0 Å². The monoisotopic (exact) mass is 746 g/mol. The van der Waals surface area contributed by atoms with E-state index in [9.17, 15) is 51.1 Å². The minimum absolute atomic E-state index is 0.0332. The molecule has 14 nitrogen and oxygen atoms in total. The highest BCUT2D eigenvalue weighted by Gasteiger charge is 2.71. The molecule has 0 radical (unpaired) electrons. The molecule has 4 aliphatic carbocycles. The maximum atomic E-state index is 12.8. The van der Waals surface area contributed by atoms with Crippen molar-refractivity contribution in [3.8, 4) is 0 Å². The van der Waals surface area contributed by atoms with Crippen molar-refractivity contribution in [1.82, 2.24) is 0 Å². The zero-order valence-electron chi connectivity index (χ0n) is 31.4. The van der Waals surface area contributed by atoms with Gasteiger partial charge in [-0.3, -0.25) is 0 Å². The van der Waals surface area contributed by atoms with E-state index in [0.29, 0.717) is 32.1 Å². The lowest BCUT2D eigenvalue weighted by atomic mass is 9.42. The van der Waals surface area contributed by atoms with E-state index in [1.807, 2.05) is 13.8 Å². The van der Waals surface area contributed by atoms with Gasteiger partial charge in [-0.15, -0.1) is 0 Å². The van der Waals surface area contributed by atoms with Crippen molar-refractivity contribution in [3.05, 3.63) is 0 Å². The number of hydrogen-bond acceptors (Lipinski definition) is 14. The first-order valence-corrected chi connectivity index (χ1v) is 19.7. The molecular weight excluding hydrogens is 680 g/mol. The maximum absolute atomic E-state index is 12.8. The van der Waals surface area contributed by atoms with Crippen LogP contribution in [0.15, 0.2) is 0 Å². The standard InChI is InChI=1S/C38H66O14/c1-17(2)25(51-35-32(47)30(45)29(44)26(15-39)52-35)7-6-18(3)20-13-22(40)33-37(20,5)11-9-27-36(4)10-8-19(12-21(36)23(41)14-38(27,33)48)50-34-31(46)28(43)24(42)16-49-34/h17-35,39-48H,6-16H2,1-5H3/t18-,19+,20-,21-,22-,23+,24?,25?,26?,27-,28?,29?,30?,31?,32?,33-,34?,35?,36+,37-,38+/m1/s1. The van der Waals surface area contributed by atoms with Gasteiger partial charge in [0.25, 0.3) is 0 Å². The summed E-state index contributed by atoms with van der Waals surface area (Å²) in [6.45, 7) is 9.84. The topological polar surface area (TPSA) is 239 Å². The van der Waals surface area contributed by atoms with Crippen LogP contribution < -0.4 is 0 Å². The third-order valence-corrected chi connectivity index (χ3v) is 15.0. The number of aliphatic hydroxyl groups excluding tert-OH is 9. The summed E-state index contributed by atoms with van der Waals surface area (Å²) < 4.78 is 23.4. The summed E-state index contributed by atoms with van der Waals surface area (Å²) in [6.07, 6.45) is -8.61. The van der Waals surface area contributed by atoms with Gasteiger partial charge in [-0.2, -0.15) is 0 Å². The Kier molecular flexibility index (Phi) is 12.2. The minimum atomic E-state index is -1.52. The quantitative estimate of drug-likeness (QED) is 0.130. The van der Waals surface area contributed by atoms with Crippen LogP contribution in [0, 0.1) is 46.3 Å². The molecule has 0 aromatic carbocycles. The van der Waals surface area contributed by atoms with Gasteiger partial charge in [0.05, 0.1) is 43.2 Å². The predicted molar refractivity (Wildman–Crippen MR) is 184 cm³/mol. The van der Waals surface area contributed by atoms with Crippen LogP contribution in [-0.4, -0.2) is 150 Å². The lowest BCUT2D eigenvalue weighted by Gasteiger charge is -2.66. The van der Waals surface area contributed by atoms with Crippen molar-refractivity contribution >= 4 is 0 Å². The number of fused-ring (bicyclic) bond motifs is 5. The lowest BCUT2D eigenvalue weighted by molar-refractivity contribution is -0.314. The van der Waals surface area contributed by atoms with Gasteiger partial charge in [-0.25, -0.2) is 0 Å². The molecule has 6 rings (SSSR count). The molecular formula is C38H66O14. The van der Waals surface area contributed by atoms with E-state index in [-0.39, 0.29) is 60.2 Å². The second kappa shape index (κ2) is 15.4. The van der Waals surface area contributed by atoms with Crippen molar-refractivity contribution in [2.24, 2.45) is 46.3 Å². The number of aliphatic hydroxyl groups is 10. The first kappa shape index (κ1) is 41.1. The highest BCUT2D eigenvalue weighted by Crippen LogP contribution is 2.70. The molecule has 10 unspecified atom stereocenters. The SMILES string of the molecule is CC(C)C(CC[C@@H](C)[C@H]1C[C@@H](O)[C@@H]2[C@]1(C)CC[C@@H]1[C@@]3(C)CC[C@H](OC4OCC(O)C(O)C4O)C[C@@H]3[C@@H](O)C[C@]12O)OC1OC(CO)C(O)C(O)C1O. The zero-order valence-corrected chi connectivity index (χ0v) is 31.4. The van der Waals surface area contributed by atoms with E-state index in [1.165, 1.54) is 0 Å². The smallest absolute Gasteiger partial charge is 0.186 e. The van der Waals surface area contributed by atoms with E-state index in [1.54, 1.807) is 0 Å². The van der Waals surface area contributed by atoms with Gasteiger partial charge in [-0.05, 0) is 91.8 Å². The Morgan fingerprint density at radius 2 is 1.42 bits per heavy atom. The highest BCUT2D eigenvalue weighted by atomic mass is 16.7. The highest BCUT2D eigenvalue weighted by molar-refractivity contribution is 5.20. The van der Waals surface area contributed by atoms with Crippen molar-refractivity contribution in [3.63, 3.8) is 0 Å². The van der Waals surface area contributed by atoms with Gasteiger partial charge in [0.1, 0.15) is 42.7 Å². The van der Waals surface area contributed by atoms with Crippen LogP contribution in [0.4, 0.5) is 0 Å². The van der Waals surface area contributed by atoms with Gasteiger partial charge >= 0.3 is 0 Å². The van der Waals surface area contributed by atoms with E-state index in [4.69, 9.17) is 18.9 Å². The third kappa shape index (κ3) is 7.03. The van der Waals surface area contributed by atoms with E-state index >= 15 is 0 Å². The summed E-state index contributed by atoms with van der Waals surface area (Å²) in [7, 11) is 0. The van der Waals surface area contributed by atoms with Crippen LogP contribution in [-0.2, 0) is 18.9 Å². The summed E-state index contributed by atoms with van der Waals surface area (Å²) in [5.41, 5.74) is -2.06. The van der Waals surface area contributed by atoms with Crippen molar-refractivity contribution in [2.75, 3.05) is 13.2 Å². The molecule has 2 saturated heterocycles. The molecule has 2 heterocycles. The molecule has 52 heavy (non-hydrogen) atoms. The fraction of sp³-hybridized carbons (Fsp3) is 1.00. The second-order valence-corrected chi connectivity index (χ2v) is 18.3.